The fourth-order valence-corrected chi connectivity index (χ4v) is 3.51. The number of hydrogen-bond acceptors (Lipinski definition) is 5. The molecule has 0 bridgehead atoms. The van der Waals surface area contributed by atoms with Gasteiger partial charge in [-0.3, -0.25) is 5.43 Å². The second kappa shape index (κ2) is 5.69. The van der Waals surface area contributed by atoms with Crippen molar-refractivity contribution in [3.05, 3.63) is 65.7 Å². The molecule has 0 spiro atoms. The first kappa shape index (κ1) is 15.1. The van der Waals surface area contributed by atoms with Crippen LogP contribution in [0.15, 0.2) is 52.9 Å². The Morgan fingerprint density at radius 3 is 2.92 bits per heavy atom. The first-order chi connectivity index (χ1) is 12.7. The number of para-hydroxylation sites is 1. The molecule has 1 saturated heterocycles. The highest BCUT2D eigenvalue weighted by molar-refractivity contribution is 5.92. The van der Waals surface area contributed by atoms with Gasteiger partial charge in [-0.2, -0.15) is 0 Å². The van der Waals surface area contributed by atoms with Gasteiger partial charge < -0.3 is 14.5 Å². The Labute approximate surface area is 148 Å². The van der Waals surface area contributed by atoms with E-state index in [0.29, 0.717) is 6.54 Å². The van der Waals surface area contributed by atoms with Crippen LogP contribution in [0.4, 0.5) is 0 Å². The maximum atomic E-state index is 11.2. The molecule has 7 heteroatoms. The van der Waals surface area contributed by atoms with E-state index in [0.717, 1.165) is 33.6 Å². The fraction of sp³-hybridized carbons (Fsp3) is 0.158. The lowest BCUT2D eigenvalue weighted by atomic mass is 9.99. The molecule has 1 aliphatic heterocycles. The van der Waals surface area contributed by atoms with Crippen molar-refractivity contribution in [3.8, 4) is 0 Å². The maximum absolute atomic E-state index is 11.2. The SMILES string of the molecule is O=C(O)c1ccc2nc(C3CNNC3c3cc4ccccc4o3)[nH]c2c1. The standard InChI is InChI=1S/C19H16N4O3/c24-19(25)11-5-6-13-14(7-11)22-18(21-13)12-9-20-23-17(12)16-8-10-3-1-2-4-15(10)26-16/h1-8,12,17,20,23H,9H2,(H,21,22)(H,24,25). The summed E-state index contributed by atoms with van der Waals surface area (Å²) < 4.78 is 6.01. The van der Waals surface area contributed by atoms with Crippen LogP contribution in [0.25, 0.3) is 22.0 Å². The van der Waals surface area contributed by atoms with Gasteiger partial charge in [-0.1, -0.05) is 18.2 Å². The number of hydrazine groups is 1. The quantitative estimate of drug-likeness (QED) is 0.454. The second-order valence-corrected chi connectivity index (χ2v) is 6.46. The Morgan fingerprint density at radius 1 is 1.19 bits per heavy atom. The number of aromatic carboxylic acids is 1. The summed E-state index contributed by atoms with van der Waals surface area (Å²) in [6.45, 7) is 0.688. The van der Waals surface area contributed by atoms with Crippen molar-refractivity contribution in [2.45, 2.75) is 12.0 Å². The zero-order valence-electron chi connectivity index (χ0n) is 13.7. The summed E-state index contributed by atoms with van der Waals surface area (Å²) in [4.78, 5) is 19.1. The van der Waals surface area contributed by atoms with E-state index in [1.165, 1.54) is 0 Å². The van der Waals surface area contributed by atoms with Crippen LogP contribution in [0.1, 0.15) is 33.9 Å². The molecule has 130 valence electrons. The van der Waals surface area contributed by atoms with E-state index in [4.69, 9.17) is 9.52 Å². The lowest BCUT2D eigenvalue weighted by Crippen LogP contribution is -2.24. The summed E-state index contributed by atoms with van der Waals surface area (Å²) in [6.07, 6.45) is 0. The normalized spacial score (nSPS) is 20.2. The number of furan rings is 1. The molecule has 7 nitrogen and oxygen atoms in total. The molecule has 4 aromatic rings. The van der Waals surface area contributed by atoms with Gasteiger partial charge in [0.05, 0.1) is 28.6 Å². The van der Waals surface area contributed by atoms with E-state index in [2.05, 4.69) is 20.8 Å². The van der Waals surface area contributed by atoms with E-state index in [1.807, 2.05) is 30.3 Å². The summed E-state index contributed by atoms with van der Waals surface area (Å²) in [5.74, 6) is 0.724. The molecular weight excluding hydrogens is 332 g/mol. The van der Waals surface area contributed by atoms with Crippen molar-refractivity contribution in [2.75, 3.05) is 6.54 Å². The Morgan fingerprint density at radius 2 is 2.08 bits per heavy atom. The highest BCUT2D eigenvalue weighted by atomic mass is 16.4. The number of rotatable bonds is 3. The molecule has 3 heterocycles. The summed E-state index contributed by atoms with van der Waals surface area (Å²) in [5.41, 5.74) is 8.99. The number of nitrogens with one attached hydrogen (secondary N) is 3. The number of fused-ring (bicyclic) bond motifs is 2. The molecule has 2 aromatic heterocycles. The summed E-state index contributed by atoms with van der Waals surface area (Å²) in [5, 5.41) is 10.2. The molecule has 1 aliphatic rings. The number of carbonyl (C=O) groups is 1. The number of H-pyrrole nitrogens is 1. The number of carboxylic acids is 1. The largest absolute Gasteiger partial charge is 0.478 e. The molecule has 26 heavy (non-hydrogen) atoms. The molecule has 5 rings (SSSR count). The van der Waals surface area contributed by atoms with Gasteiger partial charge >= 0.3 is 5.97 Å². The molecule has 2 aromatic carbocycles. The second-order valence-electron chi connectivity index (χ2n) is 6.46. The van der Waals surface area contributed by atoms with E-state index in [9.17, 15) is 4.79 Å². The maximum Gasteiger partial charge on any atom is 0.335 e. The Balaban J connectivity index is 1.53. The predicted molar refractivity (Wildman–Crippen MR) is 95.9 cm³/mol. The van der Waals surface area contributed by atoms with Gasteiger partial charge in [-0.25, -0.2) is 15.2 Å². The third-order valence-electron chi connectivity index (χ3n) is 4.83. The minimum Gasteiger partial charge on any atom is -0.478 e. The van der Waals surface area contributed by atoms with Gasteiger partial charge in [-0.15, -0.1) is 0 Å². The average Bonchev–Trinajstić information content (AvgIpc) is 3.36. The molecule has 2 unspecified atom stereocenters. The topological polar surface area (TPSA) is 103 Å². The van der Waals surface area contributed by atoms with E-state index >= 15 is 0 Å². The lowest BCUT2D eigenvalue weighted by Gasteiger charge is -2.13. The molecule has 0 aliphatic carbocycles. The molecule has 0 amide bonds. The van der Waals surface area contributed by atoms with E-state index < -0.39 is 5.97 Å². The molecule has 4 N–H and O–H groups in total. The zero-order valence-corrected chi connectivity index (χ0v) is 13.7. The van der Waals surface area contributed by atoms with Crippen LogP contribution in [0.5, 0.6) is 0 Å². The van der Waals surface area contributed by atoms with Crippen LogP contribution in [-0.4, -0.2) is 27.6 Å². The lowest BCUT2D eigenvalue weighted by molar-refractivity contribution is 0.0697. The van der Waals surface area contributed by atoms with Crippen molar-refractivity contribution in [3.63, 3.8) is 0 Å². The first-order valence-electron chi connectivity index (χ1n) is 8.39. The van der Waals surface area contributed by atoms with Gasteiger partial charge in [0.2, 0.25) is 0 Å². The number of carboxylic acid groups (broad SMARTS) is 1. The summed E-state index contributed by atoms with van der Waals surface area (Å²) in [6, 6.07) is 14.8. The van der Waals surface area contributed by atoms with Crippen molar-refractivity contribution in [1.29, 1.82) is 0 Å². The Hall–Kier alpha value is -3.16. The molecule has 2 atom stereocenters. The predicted octanol–water partition coefficient (Wildman–Crippen LogP) is 2.94. The van der Waals surface area contributed by atoms with Crippen LogP contribution >= 0.6 is 0 Å². The number of aromatic amines is 1. The van der Waals surface area contributed by atoms with Crippen molar-refractivity contribution in [1.82, 2.24) is 20.8 Å². The van der Waals surface area contributed by atoms with Crippen LogP contribution < -0.4 is 10.9 Å². The third kappa shape index (κ3) is 2.37. The van der Waals surface area contributed by atoms with E-state index in [1.54, 1.807) is 18.2 Å². The molecule has 0 saturated carbocycles. The number of benzene rings is 2. The summed E-state index contributed by atoms with van der Waals surface area (Å²) >= 11 is 0. The number of imidazole rings is 1. The van der Waals surface area contributed by atoms with Crippen LogP contribution in [0.2, 0.25) is 0 Å². The smallest absolute Gasteiger partial charge is 0.335 e. The minimum atomic E-state index is -0.951. The van der Waals surface area contributed by atoms with Crippen LogP contribution in [-0.2, 0) is 0 Å². The first-order valence-corrected chi connectivity index (χ1v) is 8.39. The van der Waals surface area contributed by atoms with Gasteiger partial charge in [-0.05, 0) is 30.3 Å². The van der Waals surface area contributed by atoms with E-state index in [-0.39, 0.29) is 17.5 Å². The highest BCUT2D eigenvalue weighted by Crippen LogP contribution is 2.35. The van der Waals surface area contributed by atoms with Gasteiger partial charge in [0.1, 0.15) is 17.2 Å². The van der Waals surface area contributed by atoms with Crippen molar-refractivity contribution >= 4 is 28.0 Å². The zero-order chi connectivity index (χ0) is 17.7. The van der Waals surface area contributed by atoms with Crippen LogP contribution in [0, 0.1) is 0 Å². The molecule has 1 fully saturated rings. The third-order valence-corrected chi connectivity index (χ3v) is 4.83. The minimum absolute atomic E-state index is 0.0382. The van der Waals surface area contributed by atoms with Gasteiger partial charge in [0.25, 0.3) is 0 Å². The van der Waals surface area contributed by atoms with Gasteiger partial charge in [0, 0.05) is 11.9 Å². The highest BCUT2D eigenvalue weighted by Gasteiger charge is 2.34. The average molecular weight is 348 g/mol. The number of aromatic nitrogens is 2. The van der Waals surface area contributed by atoms with Gasteiger partial charge in [0.15, 0.2) is 0 Å². The summed E-state index contributed by atoms with van der Waals surface area (Å²) in [7, 11) is 0. The molecule has 0 radical (unpaired) electrons. The number of hydrogen-bond donors (Lipinski definition) is 4. The van der Waals surface area contributed by atoms with Crippen LogP contribution in [0.3, 0.4) is 0 Å². The van der Waals surface area contributed by atoms with Crippen molar-refractivity contribution in [2.24, 2.45) is 0 Å². The number of nitrogens with zero attached hydrogens (tertiary/aromatic N) is 1. The molecular formula is C19H16N4O3. The Bertz CT molecular complexity index is 1100. The Kier molecular flexibility index (Phi) is 3.31. The van der Waals surface area contributed by atoms with Crippen molar-refractivity contribution < 1.29 is 14.3 Å². The fourth-order valence-electron chi connectivity index (χ4n) is 3.51. The monoisotopic (exact) mass is 348 g/mol.